The zero-order chi connectivity index (χ0) is 11.8. The Bertz CT molecular complexity index is 171. The quantitative estimate of drug-likeness (QED) is 0.558. The standard InChI is InChI=1S/C13H28N2O/c1-3-4-5-9-15(2)10-8-13(11-16)14-12-6-7-12/h12-14,16H,3-11H2,1-2H3. The lowest BCUT2D eigenvalue weighted by Gasteiger charge is -2.21. The summed E-state index contributed by atoms with van der Waals surface area (Å²) in [7, 11) is 2.18. The average molecular weight is 228 g/mol. The molecule has 1 aliphatic carbocycles. The minimum atomic E-state index is 0.277. The van der Waals surface area contributed by atoms with Crippen LogP contribution in [0.2, 0.25) is 0 Å². The molecular weight excluding hydrogens is 200 g/mol. The molecule has 0 aromatic heterocycles. The van der Waals surface area contributed by atoms with Gasteiger partial charge in [0.2, 0.25) is 0 Å². The van der Waals surface area contributed by atoms with Gasteiger partial charge < -0.3 is 15.3 Å². The van der Waals surface area contributed by atoms with E-state index in [9.17, 15) is 5.11 Å². The molecule has 0 saturated heterocycles. The summed E-state index contributed by atoms with van der Waals surface area (Å²) in [5.41, 5.74) is 0. The molecule has 0 aromatic rings. The van der Waals surface area contributed by atoms with Crippen LogP contribution < -0.4 is 5.32 Å². The van der Waals surface area contributed by atoms with Crippen LogP contribution in [0.5, 0.6) is 0 Å². The van der Waals surface area contributed by atoms with E-state index >= 15 is 0 Å². The number of nitrogens with zero attached hydrogens (tertiary/aromatic N) is 1. The molecule has 1 aliphatic rings. The lowest BCUT2D eigenvalue weighted by atomic mass is 10.2. The summed E-state index contributed by atoms with van der Waals surface area (Å²) < 4.78 is 0. The molecule has 3 nitrogen and oxygen atoms in total. The summed E-state index contributed by atoms with van der Waals surface area (Å²) in [5, 5.41) is 12.7. The first kappa shape index (κ1) is 13.9. The summed E-state index contributed by atoms with van der Waals surface area (Å²) in [6.07, 6.45) is 7.57. The normalized spacial score (nSPS) is 18.0. The molecule has 0 aliphatic heterocycles. The predicted molar refractivity (Wildman–Crippen MR) is 68.7 cm³/mol. The lowest BCUT2D eigenvalue weighted by Crippen LogP contribution is -2.37. The van der Waals surface area contributed by atoms with Crippen LogP contribution in [0, 0.1) is 0 Å². The summed E-state index contributed by atoms with van der Waals surface area (Å²) >= 11 is 0. The van der Waals surface area contributed by atoms with Crippen LogP contribution >= 0.6 is 0 Å². The Labute approximate surface area is 100 Å². The highest BCUT2D eigenvalue weighted by Crippen LogP contribution is 2.19. The first-order valence-electron chi connectivity index (χ1n) is 6.81. The molecule has 0 amide bonds. The molecule has 2 N–H and O–H groups in total. The third-order valence-corrected chi connectivity index (χ3v) is 3.27. The largest absolute Gasteiger partial charge is 0.395 e. The Kier molecular flexibility index (Phi) is 7.01. The molecule has 0 heterocycles. The van der Waals surface area contributed by atoms with Gasteiger partial charge in [0.05, 0.1) is 6.61 Å². The van der Waals surface area contributed by atoms with Crippen molar-refractivity contribution in [2.75, 3.05) is 26.7 Å². The molecular formula is C13H28N2O. The molecule has 1 saturated carbocycles. The van der Waals surface area contributed by atoms with E-state index in [1.807, 2.05) is 0 Å². The fourth-order valence-electron chi connectivity index (χ4n) is 1.93. The number of nitrogens with one attached hydrogen (secondary N) is 1. The van der Waals surface area contributed by atoms with E-state index in [1.165, 1.54) is 38.6 Å². The number of aliphatic hydroxyl groups excluding tert-OH is 1. The van der Waals surface area contributed by atoms with E-state index in [1.54, 1.807) is 0 Å². The van der Waals surface area contributed by atoms with Crippen molar-refractivity contribution in [2.45, 2.75) is 57.5 Å². The van der Waals surface area contributed by atoms with Gasteiger partial charge in [-0.15, -0.1) is 0 Å². The molecule has 1 rings (SSSR count). The Hall–Kier alpha value is -0.120. The highest BCUT2D eigenvalue weighted by atomic mass is 16.3. The van der Waals surface area contributed by atoms with Crippen molar-refractivity contribution in [1.82, 2.24) is 10.2 Å². The van der Waals surface area contributed by atoms with Crippen LogP contribution in [0.25, 0.3) is 0 Å². The zero-order valence-corrected chi connectivity index (χ0v) is 10.9. The van der Waals surface area contributed by atoms with E-state index in [-0.39, 0.29) is 6.61 Å². The van der Waals surface area contributed by atoms with Crippen LogP contribution in [-0.2, 0) is 0 Å². The molecule has 1 fully saturated rings. The number of unbranched alkanes of at least 4 members (excludes halogenated alkanes) is 2. The van der Waals surface area contributed by atoms with Crippen molar-refractivity contribution in [3.63, 3.8) is 0 Å². The number of rotatable bonds is 10. The van der Waals surface area contributed by atoms with Crippen LogP contribution in [0.15, 0.2) is 0 Å². The van der Waals surface area contributed by atoms with Gasteiger partial charge in [-0.3, -0.25) is 0 Å². The minimum Gasteiger partial charge on any atom is -0.395 e. The van der Waals surface area contributed by atoms with E-state index in [0.29, 0.717) is 12.1 Å². The molecule has 0 spiro atoms. The monoisotopic (exact) mass is 228 g/mol. The third kappa shape index (κ3) is 6.46. The third-order valence-electron chi connectivity index (χ3n) is 3.27. The van der Waals surface area contributed by atoms with E-state index < -0.39 is 0 Å². The van der Waals surface area contributed by atoms with Gasteiger partial charge in [0, 0.05) is 12.1 Å². The first-order valence-corrected chi connectivity index (χ1v) is 6.81. The van der Waals surface area contributed by atoms with Gasteiger partial charge >= 0.3 is 0 Å². The average Bonchev–Trinajstić information content (AvgIpc) is 3.08. The number of hydrogen-bond acceptors (Lipinski definition) is 3. The molecule has 16 heavy (non-hydrogen) atoms. The Balaban J connectivity index is 2.01. The van der Waals surface area contributed by atoms with Crippen molar-refractivity contribution >= 4 is 0 Å². The lowest BCUT2D eigenvalue weighted by molar-refractivity contribution is 0.215. The molecule has 1 atom stereocenters. The van der Waals surface area contributed by atoms with Gasteiger partial charge in [-0.25, -0.2) is 0 Å². The van der Waals surface area contributed by atoms with Crippen molar-refractivity contribution in [3.05, 3.63) is 0 Å². The Morgan fingerprint density at radius 1 is 1.31 bits per heavy atom. The molecule has 3 heteroatoms. The summed E-state index contributed by atoms with van der Waals surface area (Å²) in [4.78, 5) is 2.38. The van der Waals surface area contributed by atoms with Crippen molar-refractivity contribution < 1.29 is 5.11 Å². The topological polar surface area (TPSA) is 35.5 Å². The molecule has 96 valence electrons. The zero-order valence-electron chi connectivity index (χ0n) is 10.9. The maximum absolute atomic E-state index is 9.25. The predicted octanol–water partition coefficient (Wildman–Crippen LogP) is 1.61. The molecule has 0 radical (unpaired) electrons. The molecule has 1 unspecified atom stereocenters. The van der Waals surface area contributed by atoms with Gasteiger partial charge in [-0.1, -0.05) is 19.8 Å². The summed E-state index contributed by atoms with van der Waals surface area (Å²) in [5.74, 6) is 0. The van der Waals surface area contributed by atoms with Gasteiger partial charge in [0.25, 0.3) is 0 Å². The van der Waals surface area contributed by atoms with Crippen LogP contribution in [0.1, 0.15) is 45.4 Å². The highest BCUT2D eigenvalue weighted by molar-refractivity contribution is 4.84. The summed E-state index contributed by atoms with van der Waals surface area (Å²) in [6.45, 7) is 4.80. The second-order valence-electron chi connectivity index (χ2n) is 5.12. The van der Waals surface area contributed by atoms with Crippen LogP contribution in [-0.4, -0.2) is 48.8 Å². The fraction of sp³-hybridized carbons (Fsp3) is 1.00. The van der Waals surface area contributed by atoms with Crippen molar-refractivity contribution in [2.24, 2.45) is 0 Å². The summed E-state index contributed by atoms with van der Waals surface area (Å²) in [6, 6.07) is 1.00. The Morgan fingerprint density at radius 3 is 2.62 bits per heavy atom. The van der Waals surface area contributed by atoms with Crippen molar-refractivity contribution in [1.29, 1.82) is 0 Å². The van der Waals surface area contributed by atoms with Gasteiger partial charge in [-0.05, 0) is 45.8 Å². The molecule has 0 bridgehead atoms. The maximum atomic E-state index is 9.25. The van der Waals surface area contributed by atoms with Crippen LogP contribution in [0.4, 0.5) is 0 Å². The number of hydrogen-bond donors (Lipinski definition) is 2. The highest BCUT2D eigenvalue weighted by Gasteiger charge is 2.24. The van der Waals surface area contributed by atoms with E-state index in [0.717, 1.165) is 13.0 Å². The van der Waals surface area contributed by atoms with Crippen molar-refractivity contribution in [3.8, 4) is 0 Å². The maximum Gasteiger partial charge on any atom is 0.0585 e. The second-order valence-corrected chi connectivity index (χ2v) is 5.12. The minimum absolute atomic E-state index is 0.277. The van der Waals surface area contributed by atoms with Gasteiger partial charge in [-0.2, -0.15) is 0 Å². The first-order chi connectivity index (χ1) is 7.76. The van der Waals surface area contributed by atoms with E-state index in [4.69, 9.17) is 0 Å². The molecule has 0 aromatic carbocycles. The smallest absolute Gasteiger partial charge is 0.0585 e. The Morgan fingerprint density at radius 2 is 2.06 bits per heavy atom. The second kappa shape index (κ2) is 8.04. The van der Waals surface area contributed by atoms with Gasteiger partial charge in [0.15, 0.2) is 0 Å². The fourth-order valence-corrected chi connectivity index (χ4v) is 1.93. The SMILES string of the molecule is CCCCCN(C)CCC(CO)NC1CC1. The van der Waals surface area contributed by atoms with E-state index in [2.05, 4.69) is 24.2 Å². The van der Waals surface area contributed by atoms with Crippen LogP contribution in [0.3, 0.4) is 0 Å². The number of aliphatic hydroxyl groups is 1. The van der Waals surface area contributed by atoms with Gasteiger partial charge in [0.1, 0.15) is 0 Å².